The zero-order valence-electron chi connectivity index (χ0n) is 17.9. The standard InChI is InChI=1S/C26H28N2O3/c1-19-12-14-21(15-13-19)25(30)27(17-16-20-8-4-2-5-9-20)23-18-24(29)28(26(23)31)22-10-6-3-7-11-22/h3,6-8,10-15,23H,2,4-5,9,16-18H2,1H3. The Kier molecular flexibility index (Phi) is 6.31. The fourth-order valence-electron chi connectivity index (χ4n) is 4.36. The number of hydrogen-bond acceptors (Lipinski definition) is 3. The van der Waals surface area contributed by atoms with Crippen LogP contribution in [-0.2, 0) is 9.59 Å². The van der Waals surface area contributed by atoms with E-state index in [2.05, 4.69) is 6.08 Å². The smallest absolute Gasteiger partial charge is 0.257 e. The number of allylic oxidation sites excluding steroid dienone is 1. The van der Waals surface area contributed by atoms with Gasteiger partial charge in [-0.25, -0.2) is 4.90 Å². The maximum absolute atomic E-state index is 13.4. The third-order valence-corrected chi connectivity index (χ3v) is 6.13. The maximum Gasteiger partial charge on any atom is 0.257 e. The van der Waals surface area contributed by atoms with Crippen molar-refractivity contribution in [1.29, 1.82) is 0 Å². The molecule has 5 nitrogen and oxygen atoms in total. The minimum absolute atomic E-state index is 0.0182. The zero-order valence-corrected chi connectivity index (χ0v) is 17.9. The molecule has 0 bridgehead atoms. The van der Waals surface area contributed by atoms with Gasteiger partial charge in [-0.2, -0.15) is 0 Å². The summed E-state index contributed by atoms with van der Waals surface area (Å²) in [7, 11) is 0. The summed E-state index contributed by atoms with van der Waals surface area (Å²) in [4.78, 5) is 42.3. The van der Waals surface area contributed by atoms with Crippen molar-refractivity contribution >= 4 is 23.4 Å². The van der Waals surface area contributed by atoms with Crippen LogP contribution < -0.4 is 4.90 Å². The summed E-state index contributed by atoms with van der Waals surface area (Å²) < 4.78 is 0. The number of carbonyl (C=O) groups is 3. The molecule has 5 heteroatoms. The van der Waals surface area contributed by atoms with Crippen LogP contribution in [0.4, 0.5) is 5.69 Å². The van der Waals surface area contributed by atoms with Gasteiger partial charge in [-0.05, 0) is 63.3 Å². The van der Waals surface area contributed by atoms with Gasteiger partial charge in [0.1, 0.15) is 6.04 Å². The monoisotopic (exact) mass is 416 g/mol. The van der Waals surface area contributed by atoms with Crippen molar-refractivity contribution in [2.75, 3.05) is 11.4 Å². The normalized spacial score (nSPS) is 18.8. The number of para-hydroxylation sites is 1. The zero-order chi connectivity index (χ0) is 21.8. The van der Waals surface area contributed by atoms with E-state index in [1.54, 1.807) is 41.3 Å². The predicted molar refractivity (Wildman–Crippen MR) is 121 cm³/mol. The third-order valence-electron chi connectivity index (χ3n) is 6.13. The van der Waals surface area contributed by atoms with Crippen LogP contribution >= 0.6 is 0 Å². The second kappa shape index (κ2) is 9.29. The fourth-order valence-corrected chi connectivity index (χ4v) is 4.36. The molecule has 0 N–H and O–H groups in total. The summed E-state index contributed by atoms with van der Waals surface area (Å²) in [5.41, 5.74) is 3.50. The van der Waals surface area contributed by atoms with Gasteiger partial charge in [-0.15, -0.1) is 0 Å². The molecule has 31 heavy (non-hydrogen) atoms. The lowest BCUT2D eigenvalue weighted by Crippen LogP contribution is -2.46. The summed E-state index contributed by atoms with van der Waals surface area (Å²) in [6, 6.07) is 15.5. The van der Waals surface area contributed by atoms with Crippen LogP contribution in [-0.4, -0.2) is 35.2 Å². The molecule has 160 valence electrons. The molecule has 1 fully saturated rings. The van der Waals surface area contributed by atoms with E-state index in [4.69, 9.17) is 0 Å². The molecule has 0 saturated carbocycles. The van der Waals surface area contributed by atoms with E-state index >= 15 is 0 Å². The highest BCUT2D eigenvalue weighted by molar-refractivity contribution is 6.23. The summed E-state index contributed by atoms with van der Waals surface area (Å²) in [5.74, 6) is -0.786. The van der Waals surface area contributed by atoms with Crippen LogP contribution in [0.3, 0.4) is 0 Å². The van der Waals surface area contributed by atoms with Crippen molar-refractivity contribution in [2.24, 2.45) is 0 Å². The highest BCUT2D eigenvalue weighted by atomic mass is 16.2. The molecule has 1 aliphatic carbocycles. The van der Waals surface area contributed by atoms with Gasteiger partial charge in [0.15, 0.2) is 0 Å². The molecule has 4 rings (SSSR count). The van der Waals surface area contributed by atoms with Crippen LogP contribution in [0.1, 0.15) is 54.4 Å². The first kappa shape index (κ1) is 21.0. The quantitative estimate of drug-likeness (QED) is 0.508. The van der Waals surface area contributed by atoms with Gasteiger partial charge in [0.25, 0.3) is 11.8 Å². The Hall–Kier alpha value is -3.21. The van der Waals surface area contributed by atoms with Crippen LogP contribution in [0.2, 0.25) is 0 Å². The van der Waals surface area contributed by atoms with E-state index in [0.29, 0.717) is 17.8 Å². The molecule has 0 aromatic heterocycles. The summed E-state index contributed by atoms with van der Waals surface area (Å²) in [6.45, 7) is 2.41. The highest BCUT2D eigenvalue weighted by Crippen LogP contribution is 2.28. The third kappa shape index (κ3) is 4.61. The SMILES string of the molecule is Cc1ccc(C(=O)N(CCC2=CCCCC2)C2CC(=O)N(c3ccccc3)C2=O)cc1. The molecule has 0 spiro atoms. The van der Waals surface area contributed by atoms with Crippen molar-refractivity contribution in [3.05, 3.63) is 77.4 Å². The molecule has 2 aliphatic rings. The number of amides is 3. The van der Waals surface area contributed by atoms with Gasteiger partial charge >= 0.3 is 0 Å². The number of hydrogen-bond donors (Lipinski definition) is 0. The van der Waals surface area contributed by atoms with Crippen molar-refractivity contribution in [2.45, 2.75) is 51.5 Å². The van der Waals surface area contributed by atoms with Crippen molar-refractivity contribution in [3.63, 3.8) is 0 Å². The topological polar surface area (TPSA) is 57.7 Å². The second-order valence-electron chi connectivity index (χ2n) is 8.35. The van der Waals surface area contributed by atoms with Gasteiger partial charge in [-0.1, -0.05) is 47.5 Å². The number of rotatable bonds is 6. The van der Waals surface area contributed by atoms with Gasteiger partial charge in [0.2, 0.25) is 5.91 Å². The Labute approximate surface area is 183 Å². The van der Waals surface area contributed by atoms with E-state index in [-0.39, 0.29) is 24.1 Å². The summed E-state index contributed by atoms with van der Waals surface area (Å²) >= 11 is 0. The summed E-state index contributed by atoms with van der Waals surface area (Å²) in [6.07, 6.45) is 7.50. The first-order valence-electron chi connectivity index (χ1n) is 11.0. The van der Waals surface area contributed by atoms with Gasteiger partial charge in [0, 0.05) is 12.1 Å². The first-order valence-corrected chi connectivity index (χ1v) is 11.0. The average molecular weight is 417 g/mol. The molecular formula is C26H28N2O3. The Morgan fingerprint density at radius 1 is 1.03 bits per heavy atom. The minimum atomic E-state index is -0.773. The molecule has 2 aromatic rings. The van der Waals surface area contributed by atoms with Crippen LogP contribution in [0.5, 0.6) is 0 Å². The maximum atomic E-state index is 13.4. The first-order chi connectivity index (χ1) is 15.0. The van der Waals surface area contributed by atoms with Crippen molar-refractivity contribution in [1.82, 2.24) is 4.90 Å². The highest BCUT2D eigenvalue weighted by Gasteiger charge is 2.44. The number of benzene rings is 2. The number of nitrogens with zero attached hydrogens (tertiary/aromatic N) is 2. The van der Waals surface area contributed by atoms with E-state index in [0.717, 1.165) is 24.8 Å². The molecule has 1 heterocycles. The van der Waals surface area contributed by atoms with E-state index in [9.17, 15) is 14.4 Å². The molecule has 1 atom stereocenters. The Morgan fingerprint density at radius 2 is 1.77 bits per heavy atom. The Balaban J connectivity index is 1.60. The minimum Gasteiger partial charge on any atom is -0.326 e. The molecular weight excluding hydrogens is 388 g/mol. The lowest BCUT2D eigenvalue weighted by molar-refractivity contribution is -0.122. The summed E-state index contributed by atoms with van der Waals surface area (Å²) in [5, 5.41) is 0. The molecule has 1 aliphatic heterocycles. The molecule has 1 saturated heterocycles. The molecule has 3 amide bonds. The molecule has 0 radical (unpaired) electrons. The second-order valence-corrected chi connectivity index (χ2v) is 8.35. The lowest BCUT2D eigenvalue weighted by atomic mass is 9.96. The number of imide groups is 1. The Bertz CT molecular complexity index is 995. The van der Waals surface area contributed by atoms with Gasteiger partial charge in [-0.3, -0.25) is 14.4 Å². The van der Waals surface area contributed by atoms with Crippen LogP contribution in [0.25, 0.3) is 0 Å². The molecule has 1 unspecified atom stereocenters. The van der Waals surface area contributed by atoms with Gasteiger partial charge < -0.3 is 4.90 Å². The molecule has 2 aromatic carbocycles. The van der Waals surface area contributed by atoms with Gasteiger partial charge in [0.05, 0.1) is 12.1 Å². The number of anilines is 1. The van der Waals surface area contributed by atoms with E-state index < -0.39 is 6.04 Å². The number of carbonyl (C=O) groups excluding carboxylic acids is 3. The van der Waals surface area contributed by atoms with Crippen LogP contribution in [0.15, 0.2) is 66.2 Å². The van der Waals surface area contributed by atoms with E-state index in [1.165, 1.54) is 23.3 Å². The fraction of sp³-hybridized carbons (Fsp3) is 0.346. The number of aryl methyl sites for hydroxylation is 1. The van der Waals surface area contributed by atoms with Crippen molar-refractivity contribution < 1.29 is 14.4 Å². The van der Waals surface area contributed by atoms with Crippen molar-refractivity contribution in [3.8, 4) is 0 Å². The Morgan fingerprint density at radius 3 is 2.45 bits per heavy atom. The predicted octanol–water partition coefficient (Wildman–Crippen LogP) is 4.66. The lowest BCUT2D eigenvalue weighted by Gasteiger charge is -2.28. The van der Waals surface area contributed by atoms with Crippen LogP contribution in [0, 0.1) is 6.92 Å². The van der Waals surface area contributed by atoms with E-state index in [1.807, 2.05) is 25.1 Å². The average Bonchev–Trinajstić information content (AvgIpc) is 3.09. The largest absolute Gasteiger partial charge is 0.326 e.